The molecular formula is C20H23NO2. The van der Waals surface area contributed by atoms with Crippen molar-refractivity contribution in [3.63, 3.8) is 0 Å². The molecule has 1 aliphatic rings. The molecule has 3 rings (SSSR count). The van der Waals surface area contributed by atoms with Crippen molar-refractivity contribution < 1.29 is 9.90 Å². The van der Waals surface area contributed by atoms with Crippen molar-refractivity contribution in [2.75, 3.05) is 13.2 Å². The van der Waals surface area contributed by atoms with E-state index in [-0.39, 0.29) is 24.5 Å². The van der Waals surface area contributed by atoms with E-state index in [2.05, 4.69) is 36.9 Å². The average Bonchev–Trinajstić information content (AvgIpc) is 2.88. The molecular weight excluding hydrogens is 286 g/mol. The van der Waals surface area contributed by atoms with Gasteiger partial charge in [-0.15, -0.1) is 6.58 Å². The van der Waals surface area contributed by atoms with Crippen LogP contribution >= 0.6 is 0 Å². The zero-order valence-electron chi connectivity index (χ0n) is 13.3. The van der Waals surface area contributed by atoms with Crippen molar-refractivity contribution in [2.45, 2.75) is 25.3 Å². The zero-order chi connectivity index (χ0) is 16.2. The van der Waals surface area contributed by atoms with Gasteiger partial charge in [0.05, 0.1) is 12.6 Å². The number of carbonyl (C=O) groups excluding carboxylic acids is 1. The number of hydrogen-bond donors (Lipinski definition) is 1. The van der Waals surface area contributed by atoms with Gasteiger partial charge < -0.3 is 10.0 Å². The molecule has 120 valence electrons. The van der Waals surface area contributed by atoms with Crippen molar-refractivity contribution >= 4 is 16.7 Å². The predicted molar refractivity (Wildman–Crippen MR) is 93.2 cm³/mol. The van der Waals surface area contributed by atoms with Crippen LogP contribution in [-0.2, 0) is 11.2 Å². The number of nitrogens with zero attached hydrogens (tertiary/aromatic N) is 1. The quantitative estimate of drug-likeness (QED) is 0.833. The Morgan fingerprint density at radius 2 is 2.00 bits per heavy atom. The number of likely N-dealkylation sites (tertiary alicyclic amines) is 1. The molecule has 2 aromatic carbocycles. The fourth-order valence-corrected chi connectivity index (χ4v) is 3.48. The van der Waals surface area contributed by atoms with E-state index in [0.717, 1.165) is 12.8 Å². The lowest BCUT2D eigenvalue weighted by molar-refractivity contribution is -0.132. The molecule has 0 spiro atoms. The lowest BCUT2D eigenvalue weighted by Gasteiger charge is -2.23. The summed E-state index contributed by atoms with van der Waals surface area (Å²) in [6, 6.07) is 14.7. The summed E-state index contributed by atoms with van der Waals surface area (Å²) in [6.45, 7) is 4.43. The summed E-state index contributed by atoms with van der Waals surface area (Å²) in [5.74, 6) is 0.144. The van der Waals surface area contributed by atoms with Crippen LogP contribution in [0.5, 0.6) is 0 Å². The first-order valence-electron chi connectivity index (χ1n) is 8.23. The molecule has 1 amide bonds. The third kappa shape index (κ3) is 3.30. The molecule has 2 aromatic rings. The number of hydrogen-bond acceptors (Lipinski definition) is 2. The molecule has 2 atom stereocenters. The van der Waals surface area contributed by atoms with Crippen molar-refractivity contribution in [3.05, 3.63) is 60.7 Å². The van der Waals surface area contributed by atoms with E-state index in [9.17, 15) is 9.90 Å². The van der Waals surface area contributed by atoms with Gasteiger partial charge in [-0.25, -0.2) is 0 Å². The lowest BCUT2D eigenvalue weighted by Crippen LogP contribution is -2.37. The Balaban J connectivity index is 1.70. The number of benzene rings is 2. The van der Waals surface area contributed by atoms with E-state index < -0.39 is 0 Å². The highest BCUT2D eigenvalue weighted by molar-refractivity contribution is 5.83. The molecule has 1 aliphatic heterocycles. The normalized spacial score (nSPS) is 21.1. The van der Waals surface area contributed by atoms with Crippen molar-refractivity contribution in [1.82, 2.24) is 4.90 Å². The molecule has 23 heavy (non-hydrogen) atoms. The maximum atomic E-state index is 12.5. The highest BCUT2D eigenvalue weighted by Crippen LogP contribution is 2.27. The number of fused-ring (bicyclic) bond motifs is 1. The average molecular weight is 309 g/mol. The monoisotopic (exact) mass is 309 g/mol. The minimum absolute atomic E-state index is 0.0127. The van der Waals surface area contributed by atoms with Crippen LogP contribution < -0.4 is 0 Å². The first-order chi connectivity index (χ1) is 11.2. The van der Waals surface area contributed by atoms with Gasteiger partial charge in [0.2, 0.25) is 5.91 Å². The summed E-state index contributed by atoms with van der Waals surface area (Å²) >= 11 is 0. The van der Waals surface area contributed by atoms with E-state index in [1.54, 1.807) is 6.08 Å². The van der Waals surface area contributed by atoms with Gasteiger partial charge in [-0.3, -0.25) is 4.79 Å². The highest BCUT2D eigenvalue weighted by Gasteiger charge is 2.37. The van der Waals surface area contributed by atoms with Crippen LogP contribution in [0.15, 0.2) is 55.1 Å². The fraction of sp³-hybridized carbons (Fsp3) is 0.350. The van der Waals surface area contributed by atoms with Crippen LogP contribution in [0.1, 0.15) is 18.4 Å². The molecule has 1 N–H and O–H groups in total. The van der Waals surface area contributed by atoms with Crippen LogP contribution in [0, 0.1) is 5.92 Å². The minimum atomic E-state index is -0.0482. The van der Waals surface area contributed by atoms with Crippen molar-refractivity contribution in [2.24, 2.45) is 5.92 Å². The molecule has 0 bridgehead atoms. The molecule has 1 fully saturated rings. The number of allylic oxidation sites excluding steroid dienone is 1. The van der Waals surface area contributed by atoms with Gasteiger partial charge in [0.1, 0.15) is 0 Å². The van der Waals surface area contributed by atoms with E-state index in [1.165, 1.54) is 16.3 Å². The number of aliphatic hydroxyl groups excluding tert-OH is 1. The minimum Gasteiger partial charge on any atom is -0.394 e. The second kappa shape index (κ2) is 6.97. The van der Waals surface area contributed by atoms with Gasteiger partial charge >= 0.3 is 0 Å². The van der Waals surface area contributed by atoms with Crippen LogP contribution in [0.2, 0.25) is 0 Å². The van der Waals surface area contributed by atoms with Gasteiger partial charge in [-0.1, -0.05) is 48.5 Å². The Hall–Kier alpha value is -2.13. The SMILES string of the molecule is C=CC[C@@H]1C[C@@H](CO)N(CCc2ccc3ccccc3c2)C1=O. The number of carbonyl (C=O) groups is 1. The number of aliphatic hydroxyl groups is 1. The van der Waals surface area contributed by atoms with Gasteiger partial charge in [0.15, 0.2) is 0 Å². The first-order valence-corrected chi connectivity index (χ1v) is 8.23. The second-order valence-corrected chi connectivity index (χ2v) is 6.26. The van der Waals surface area contributed by atoms with E-state index >= 15 is 0 Å². The summed E-state index contributed by atoms with van der Waals surface area (Å²) in [6.07, 6.45) is 4.04. The molecule has 3 nitrogen and oxygen atoms in total. The third-order valence-electron chi connectivity index (χ3n) is 4.75. The summed E-state index contributed by atoms with van der Waals surface area (Å²) in [5, 5.41) is 12.0. The first kappa shape index (κ1) is 15.8. The third-order valence-corrected chi connectivity index (χ3v) is 4.75. The van der Waals surface area contributed by atoms with E-state index in [1.807, 2.05) is 17.0 Å². The molecule has 1 heterocycles. The summed E-state index contributed by atoms with van der Waals surface area (Å²) in [5.41, 5.74) is 1.22. The highest BCUT2D eigenvalue weighted by atomic mass is 16.3. The molecule has 1 saturated heterocycles. The number of rotatable bonds is 6. The van der Waals surface area contributed by atoms with Crippen LogP contribution in [0.25, 0.3) is 10.8 Å². The summed E-state index contributed by atoms with van der Waals surface area (Å²) in [4.78, 5) is 14.3. The summed E-state index contributed by atoms with van der Waals surface area (Å²) in [7, 11) is 0. The van der Waals surface area contributed by atoms with Gasteiger partial charge in [-0.05, 0) is 35.6 Å². The van der Waals surface area contributed by atoms with E-state index in [0.29, 0.717) is 13.0 Å². The Kier molecular flexibility index (Phi) is 4.77. The smallest absolute Gasteiger partial charge is 0.226 e. The lowest BCUT2D eigenvalue weighted by atomic mass is 10.0. The van der Waals surface area contributed by atoms with E-state index in [4.69, 9.17) is 0 Å². The van der Waals surface area contributed by atoms with Crippen LogP contribution in [0.3, 0.4) is 0 Å². The topological polar surface area (TPSA) is 40.5 Å². The largest absolute Gasteiger partial charge is 0.394 e. The van der Waals surface area contributed by atoms with Crippen molar-refractivity contribution in [3.8, 4) is 0 Å². The number of amides is 1. The summed E-state index contributed by atoms with van der Waals surface area (Å²) < 4.78 is 0. The second-order valence-electron chi connectivity index (χ2n) is 6.26. The molecule has 3 heteroatoms. The Bertz CT molecular complexity index is 710. The fourth-order valence-electron chi connectivity index (χ4n) is 3.48. The molecule has 0 radical (unpaired) electrons. The maximum Gasteiger partial charge on any atom is 0.226 e. The molecule has 0 unspecified atom stereocenters. The zero-order valence-corrected chi connectivity index (χ0v) is 13.3. The Morgan fingerprint density at radius 3 is 2.74 bits per heavy atom. The standard InChI is InChI=1S/C20H23NO2/c1-2-5-18-13-19(14-22)21(20(18)23)11-10-15-8-9-16-6-3-4-7-17(16)12-15/h2-4,6-9,12,18-19,22H,1,5,10-11,13-14H2/t18-,19+/m1/s1. The van der Waals surface area contributed by atoms with Crippen LogP contribution in [-0.4, -0.2) is 35.1 Å². The Labute approximate surface area is 137 Å². The van der Waals surface area contributed by atoms with Gasteiger partial charge in [-0.2, -0.15) is 0 Å². The van der Waals surface area contributed by atoms with Gasteiger partial charge in [0.25, 0.3) is 0 Å². The molecule has 0 saturated carbocycles. The van der Waals surface area contributed by atoms with Crippen molar-refractivity contribution in [1.29, 1.82) is 0 Å². The predicted octanol–water partition coefficient (Wildman–Crippen LogP) is 3.17. The molecule has 0 aromatic heterocycles. The maximum absolute atomic E-state index is 12.5. The van der Waals surface area contributed by atoms with Crippen LogP contribution in [0.4, 0.5) is 0 Å². The molecule has 0 aliphatic carbocycles. The Morgan fingerprint density at radius 1 is 1.22 bits per heavy atom. The van der Waals surface area contributed by atoms with Gasteiger partial charge in [0, 0.05) is 12.5 Å².